The molecule has 4 rings (SSSR count). The molecule has 1 aromatic rings. The SMILES string of the molecule is C#C[C@]1(OC(C)=O)CC[C@H]2[C@H]3CCc4cc(OC)ccc4[C@@H]3[C@H](C)C[C@]21C. The lowest BCUT2D eigenvalue weighted by molar-refractivity contribution is -0.167. The smallest absolute Gasteiger partial charge is 0.304 e. The second-order valence-electron chi connectivity index (χ2n) is 9.10. The van der Waals surface area contributed by atoms with Crippen molar-refractivity contribution >= 4 is 5.97 Å². The van der Waals surface area contributed by atoms with Gasteiger partial charge in [0.1, 0.15) is 5.75 Å². The van der Waals surface area contributed by atoms with Crippen LogP contribution in [0.4, 0.5) is 0 Å². The molecule has 144 valence electrons. The highest BCUT2D eigenvalue weighted by atomic mass is 16.6. The van der Waals surface area contributed by atoms with Gasteiger partial charge in [0.2, 0.25) is 0 Å². The van der Waals surface area contributed by atoms with Crippen molar-refractivity contribution in [1.29, 1.82) is 0 Å². The van der Waals surface area contributed by atoms with E-state index >= 15 is 0 Å². The van der Waals surface area contributed by atoms with Gasteiger partial charge in [-0.2, -0.15) is 0 Å². The molecule has 1 aromatic carbocycles. The molecule has 27 heavy (non-hydrogen) atoms. The van der Waals surface area contributed by atoms with Gasteiger partial charge in [0.05, 0.1) is 7.11 Å². The number of rotatable bonds is 2. The molecule has 2 saturated carbocycles. The summed E-state index contributed by atoms with van der Waals surface area (Å²) in [7, 11) is 1.73. The fourth-order valence-corrected chi connectivity index (χ4v) is 6.90. The van der Waals surface area contributed by atoms with Crippen molar-refractivity contribution in [2.75, 3.05) is 7.11 Å². The molecule has 3 aliphatic rings. The highest BCUT2D eigenvalue weighted by Crippen LogP contribution is 2.66. The molecule has 0 unspecified atom stereocenters. The average Bonchev–Trinajstić information content (AvgIpc) is 2.92. The summed E-state index contributed by atoms with van der Waals surface area (Å²) in [5, 5.41) is 0. The maximum Gasteiger partial charge on any atom is 0.304 e. The van der Waals surface area contributed by atoms with Gasteiger partial charge in [-0.15, -0.1) is 6.42 Å². The Hall–Kier alpha value is -1.95. The van der Waals surface area contributed by atoms with Crippen LogP contribution >= 0.6 is 0 Å². The molecule has 0 bridgehead atoms. The number of hydrogen-bond acceptors (Lipinski definition) is 3. The first kappa shape index (κ1) is 18.4. The lowest BCUT2D eigenvalue weighted by atomic mass is 9.50. The van der Waals surface area contributed by atoms with Crippen molar-refractivity contribution in [1.82, 2.24) is 0 Å². The second-order valence-corrected chi connectivity index (χ2v) is 9.10. The van der Waals surface area contributed by atoms with E-state index in [0.29, 0.717) is 23.7 Å². The van der Waals surface area contributed by atoms with E-state index in [1.54, 1.807) is 7.11 Å². The van der Waals surface area contributed by atoms with Crippen LogP contribution in [0.1, 0.15) is 63.5 Å². The Labute approximate surface area is 162 Å². The van der Waals surface area contributed by atoms with Crippen LogP contribution in [0.25, 0.3) is 0 Å². The van der Waals surface area contributed by atoms with E-state index < -0.39 is 5.60 Å². The second kappa shape index (κ2) is 6.30. The summed E-state index contributed by atoms with van der Waals surface area (Å²) in [6, 6.07) is 6.59. The molecule has 0 radical (unpaired) electrons. The number of methoxy groups -OCH3 is 1. The van der Waals surface area contributed by atoms with Crippen LogP contribution in [0, 0.1) is 35.5 Å². The molecular weight excluding hydrogens is 336 g/mol. The van der Waals surface area contributed by atoms with Crippen molar-refractivity contribution in [3.05, 3.63) is 29.3 Å². The zero-order valence-electron chi connectivity index (χ0n) is 16.9. The summed E-state index contributed by atoms with van der Waals surface area (Å²) < 4.78 is 11.3. The van der Waals surface area contributed by atoms with Crippen LogP contribution in [0.5, 0.6) is 5.75 Å². The van der Waals surface area contributed by atoms with Gasteiger partial charge in [-0.25, -0.2) is 0 Å². The van der Waals surface area contributed by atoms with Gasteiger partial charge in [0, 0.05) is 12.3 Å². The topological polar surface area (TPSA) is 35.5 Å². The van der Waals surface area contributed by atoms with E-state index in [0.717, 1.165) is 31.4 Å². The molecule has 3 aliphatic carbocycles. The van der Waals surface area contributed by atoms with Gasteiger partial charge in [0.15, 0.2) is 5.60 Å². The number of carbonyl (C=O) groups excluding carboxylic acids is 1. The minimum atomic E-state index is -0.747. The molecule has 0 N–H and O–H groups in total. The first-order valence-corrected chi connectivity index (χ1v) is 10.2. The van der Waals surface area contributed by atoms with Crippen molar-refractivity contribution in [2.45, 2.75) is 64.4 Å². The fourth-order valence-electron chi connectivity index (χ4n) is 6.90. The first-order valence-electron chi connectivity index (χ1n) is 10.2. The summed E-state index contributed by atoms with van der Waals surface area (Å²) in [5.41, 5.74) is 2.04. The summed E-state index contributed by atoms with van der Waals surface area (Å²) in [6.45, 7) is 6.12. The third-order valence-electron chi connectivity index (χ3n) is 7.89. The van der Waals surface area contributed by atoms with Gasteiger partial charge < -0.3 is 9.47 Å². The van der Waals surface area contributed by atoms with Crippen LogP contribution in [-0.2, 0) is 16.0 Å². The maximum absolute atomic E-state index is 11.8. The lowest BCUT2D eigenvalue weighted by Crippen LogP contribution is -2.54. The summed E-state index contributed by atoms with van der Waals surface area (Å²) in [6.07, 6.45) is 11.1. The van der Waals surface area contributed by atoms with Crippen LogP contribution in [0.15, 0.2) is 18.2 Å². The third-order valence-corrected chi connectivity index (χ3v) is 7.89. The lowest BCUT2D eigenvalue weighted by Gasteiger charge is -2.55. The number of esters is 1. The number of aryl methyl sites for hydroxylation is 1. The molecule has 0 amide bonds. The Morgan fingerprint density at radius 3 is 2.78 bits per heavy atom. The van der Waals surface area contributed by atoms with Crippen molar-refractivity contribution in [2.24, 2.45) is 23.2 Å². The predicted molar refractivity (Wildman–Crippen MR) is 105 cm³/mol. The minimum absolute atomic E-state index is 0.141. The fraction of sp³-hybridized carbons (Fsp3) is 0.625. The average molecular weight is 367 g/mol. The Morgan fingerprint density at radius 2 is 2.11 bits per heavy atom. The Balaban J connectivity index is 1.73. The molecule has 0 heterocycles. The Morgan fingerprint density at radius 1 is 1.33 bits per heavy atom. The third kappa shape index (κ3) is 2.53. The van der Waals surface area contributed by atoms with Crippen molar-refractivity contribution in [3.8, 4) is 18.1 Å². The van der Waals surface area contributed by atoms with Crippen molar-refractivity contribution in [3.63, 3.8) is 0 Å². The molecule has 3 nitrogen and oxygen atoms in total. The van der Waals surface area contributed by atoms with Crippen molar-refractivity contribution < 1.29 is 14.3 Å². The van der Waals surface area contributed by atoms with Crippen LogP contribution < -0.4 is 4.74 Å². The van der Waals surface area contributed by atoms with Gasteiger partial charge >= 0.3 is 5.97 Å². The number of hydrogen-bond donors (Lipinski definition) is 0. The predicted octanol–water partition coefficient (Wildman–Crippen LogP) is 4.73. The number of fused-ring (bicyclic) bond motifs is 5. The van der Waals surface area contributed by atoms with E-state index in [2.05, 4.69) is 38.0 Å². The summed E-state index contributed by atoms with van der Waals surface area (Å²) in [5.74, 6) is 5.80. The number of terminal acetylenes is 1. The zero-order valence-corrected chi connectivity index (χ0v) is 16.9. The van der Waals surface area contributed by atoms with Gasteiger partial charge in [0.25, 0.3) is 0 Å². The number of carbonyl (C=O) groups is 1. The summed E-state index contributed by atoms with van der Waals surface area (Å²) in [4.78, 5) is 11.8. The van der Waals surface area contributed by atoms with Gasteiger partial charge in [-0.05, 0) is 79.0 Å². The van der Waals surface area contributed by atoms with Crippen LogP contribution in [0.2, 0.25) is 0 Å². The number of ether oxygens (including phenoxy) is 2. The monoisotopic (exact) mass is 366 g/mol. The Kier molecular flexibility index (Phi) is 4.29. The normalized spacial score (nSPS) is 39.5. The molecule has 0 spiro atoms. The quantitative estimate of drug-likeness (QED) is 0.561. The van der Waals surface area contributed by atoms with E-state index in [1.807, 2.05) is 0 Å². The molecule has 3 heteroatoms. The van der Waals surface area contributed by atoms with E-state index in [9.17, 15) is 4.79 Å². The zero-order chi connectivity index (χ0) is 19.4. The molecular formula is C24H30O3. The van der Waals surface area contributed by atoms with E-state index in [1.165, 1.54) is 24.5 Å². The standard InChI is InChI=1S/C24H30O3/c1-6-24(27-16(3)25)12-11-21-20-9-7-17-13-18(26-5)8-10-19(17)22(20)15(2)14-23(21,24)4/h1,8,10,13,15,20-22H,7,9,11-12,14H2,2-5H3/t15-,20-,21+,22+,23-,24+/m1/s1. The highest BCUT2D eigenvalue weighted by Gasteiger charge is 2.65. The molecule has 0 aliphatic heterocycles. The van der Waals surface area contributed by atoms with Crippen LogP contribution in [-0.4, -0.2) is 18.7 Å². The first-order chi connectivity index (χ1) is 12.8. The number of benzene rings is 1. The van der Waals surface area contributed by atoms with Gasteiger partial charge in [-0.3, -0.25) is 4.79 Å². The van der Waals surface area contributed by atoms with Gasteiger partial charge in [-0.1, -0.05) is 25.8 Å². The van der Waals surface area contributed by atoms with Crippen LogP contribution in [0.3, 0.4) is 0 Å². The molecule has 2 fully saturated rings. The largest absolute Gasteiger partial charge is 0.497 e. The molecule has 0 aromatic heterocycles. The maximum atomic E-state index is 11.8. The summed E-state index contributed by atoms with van der Waals surface area (Å²) >= 11 is 0. The van der Waals surface area contributed by atoms with E-state index in [-0.39, 0.29) is 11.4 Å². The van der Waals surface area contributed by atoms with E-state index in [4.69, 9.17) is 15.9 Å². The molecule has 6 atom stereocenters. The minimum Gasteiger partial charge on any atom is -0.497 e. The Bertz CT molecular complexity index is 806. The highest BCUT2D eigenvalue weighted by molar-refractivity contribution is 5.67. The molecule has 0 saturated heterocycles.